The van der Waals surface area contributed by atoms with Crippen LogP contribution in [0.15, 0.2) is 40.1 Å². The molecule has 3 rings (SSSR count). The van der Waals surface area contributed by atoms with Crippen LogP contribution in [0.2, 0.25) is 0 Å². The van der Waals surface area contributed by atoms with E-state index in [1.165, 1.54) is 10.8 Å². The average Bonchev–Trinajstić information content (AvgIpc) is 3.18. The average molecular weight is 459 g/mol. The molecule has 2 aromatic rings. The molecule has 178 valence electrons. The van der Waals surface area contributed by atoms with Crippen LogP contribution >= 0.6 is 0 Å². The summed E-state index contributed by atoms with van der Waals surface area (Å²) in [6.45, 7) is 7.20. The molecule has 0 amide bonds. The number of aromatic amines is 1. The zero-order chi connectivity index (χ0) is 24.1. The molecular weight excluding hydrogens is 428 g/mol. The van der Waals surface area contributed by atoms with E-state index in [4.69, 9.17) is 14.2 Å². The molecule has 0 radical (unpaired) electrons. The van der Waals surface area contributed by atoms with Gasteiger partial charge in [-0.25, -0.2) is 9.59 Å². The third-order valence-electron chi connectivity index (χ3n) is 5.89. The van der Waals surface area contributed by atoms with Gasteiger partial charge >= 0.3 is 17.6 Å². The smallest absolute Gasteiger partial charge is 0.338 e. The first-order valence-electron chi connectivity index (χ1n) is 11.1. The maximum Gasteiger partial charge on any atom is 0.338 e. The molecule has 1 N–H and O–H groups in total. The lowest BCUT2D eigenvalue weighted by Gasteiger charge is -2.20. The largest absolute Gasteiger partial charge is 0.463 e. The van der Waals surface area contributed by atoms with Gasteiger partial charge in [0.05, 0.1) is 11.5 Å². The van der Waals surface area contributed by atoms with Gasteiger partial charge in [-0.3, -0.25) is 19.1 Å². The number of ether oxygens (including phenoxy) is 3. The number of benzene rings is 1. The fraction of sp³-hybridized carbons (Fsp3) is 0.500. The molecule has 1 aromatic carbocycles. The number of carbonyl (C=O) groups is 2. The molecule has 0 saturated carbocycles. The van der Waals surface area contributed by atoms with Crippen LogP contribution in [-0.2, 0) is 19.0 Å². The van der Waals surface area contributed by atoms with Crippen LogP contribution < -0.4 is 11.2 Å². The molecule has 9 heteroatoms. The maximum atomic E-state index is 12.7. The topological polar surface area (TPSA) is 117 Å². The number of aromatic nitrogens is 2. The van der Waals surface area contributed by atoms with E-state index in [0.717, 1.165) is 5.56 Å². The number of esters is 2. The van der Waals surface area contributed by atoms with E-state index >= 15 is 0 Å². The minimum absolute atomic E-state index is 0.116. The number of carbonyl (C=O) groups excluding carboxylic acids is 2. The van der Waals surface area contributed by atoms with Gasteiger partial charge in [0.25, 0.3) is 5.56 Å². The van der Waals surface area contributed by atoms with Crippen LogP contribution in [0.4, 0.5) is 0 Å². The Bertz CT molecular complexity index is 1100. The minimum Gasteiger partial charge on any atom is -0.463 e. The van der Waals surface area contributed by atoms with Crippen molar-refractivity contribution in [3.8, 4) is 0 Å². The molecule has 1 fully saturated rings. The van der Waals surface area contributed by atoms with Gasteiger partial charge in [-0.15, -0.1) is 0 Å². The van der Waals surface area contributed by atoms with E-state index in [1.54, 1.807) is 19.1 Å². The molecule has 0 bridgehead atoms. The van der Waals surface area contributed by atoms with Gasteiger partial charge in [0.1, 0.15) is 25.0 Å². The zero-order valence-electron chi connectivity index (χ0n) is 19.3. The third kappa shape index (κ3) is 5.78. The number of H-pyrrole nitrogens is 1. The summed E-state index contributed by atoms with van der Waals surface area (Å²) in [7, 11) is 0. The molecule has 1 aliphatic rings. The molecule has 0 aliphatic carbocycles. The van der Waals surface area contributed by atoms with Gasteiger partial charge in [0.15, 0.2) is 0 Å². The van der Waals surface area contributed by atoms with Gasteiger partial charge in [0, 0.05) is 18.2 Å². The summed E-state index contributed by atoms with van der Waals surface area (Å²) in [5.41, 5.74) is 0.625. The van der Waals surface area contributed by atoms with Crippen LogP contribution in [0.25, 0.3) is 0 Å². The number of rotatable bonds is 8. The Morgan fingerprint density at radius 1 is 1.15 bits per heavy atom. The highest BCUT2D eigenvalue weighted by Gasteiger charge is 2.40. The first-order valence-corrected chi connectivity index (χ1v) is 11.1. The Hall–Kier alpha value is -3.20. The van der Waals surface area contributed by atoms with E-state index in [-0.39, 0.29) is 24.9 Å². The summed E-state index contributed by atoms with van der Waals surface area (Å²) >= 11 is 0. The lowest BCUT2D eigenvalue weighted by molar-refractivity contribution is -0.155. The number of nitrogens with one attached hydrogen (secondary N) is 1. The molecule has 33 heavy (non-hydrogen) atoms. The SMILES string of the molecule is CCC(CC)C(=O)OC[C@H]1O[C@@H](n2cc(C)c(=O)[nH]c2=O)C[C@@H]1OC(=O)c1ccc(C)cc1. The molecule has 1 aliphatic heterocycles. The highest BCUT2D eigenvalue weighted by Crippen LogP contribution is 2.31. The van der Waals surface area contributed by atoms with Gasteiger partial charge in [-0.05, 0) is 38.8 Å². The van der Waals surface area contributed by atoms with Crippen LogP contribution in [0.5, 0.6) is 0 Å². The lowest BCUT2D eigenvalue weighted by atomic mass is 10.0. The number of hydrogen-bond acceptors (Lipinski definition) is 7. The van der Waals surface area contributed by atoms with Crippen LogP contribution in [0.1, 0.15) is 60.8 Å². The molecular formula is C24H30N2O7. The van der Waals surface area contributed by atoms with Gasteiger partial charge in [-0.1, -0.05) is 31.5 Å². The quantitative estimate of drug-likeness (QED) is 0.605. The fourth-order valence-electron chi connectivity index (χ4n) is 3.74. The Balaban J connectivity index is 1.80. The van der Waals surface area contributed by atoms with Crippen LogP contribution in [0.3, 0.4) is 0 Å². The molecule has 1 saturated heterocycles. The summed E-state index contributed by atoms with van der Waals surface area (Å²) < 4.78 is 18.4. The number of aryl methyl sites for hydroxylation is 2. The summed E-state index contributed by atoms with van der Waals surface area (Å²) in [4.78, 5) is 51.4. The summed E-state index contributed by atoms with van der Waals surface area (Å²) in [5, 5.41) is 0. The Morgan fingerprint density at radius 3 is 2.45 bits per heavy atom. The zero-order valence-corrected chi connectivity index (χ0v) is 19.3. The minimum atomic E-state index is -0.791. The van der Waals surface area contributed by atoms with Gasteiger partial charge in [-0.2, -0.15) is 0 Å². The number of hydrogen-bond donors (Lipinski definition) is 1. The molecule has 9 nitrogen and oxygen atoms in total. The molecule has 3 atom stereocenters. The summed E-state index contributed by atoms with van der Waals surface area (Å²) in [5.74, 6) is -1.10. The summed E-state index contributed by atoms with van der Waals surface area (Å²) in [6.07, 6.45) is 0.572. The van der Waals surface area contributed by atoms with Crippen molar-refractivity contribution in [1.82, 2.24) is 9.55 Å². The fourth-order valence-corrected chi connectivity index (χ4v) is 3.74. The predicted octanol–water partition coefficient (Wildman–Crippen LogP) is 2.65. The molecule has 0 unspecified atom stereocenters. The van der Waals surface area contributed by atoms with Crippen molar-refractivity contribution < 1.29 is 23.8 Å². The summed E-state index contributed by atoms with van der Waals surface area (Å²) in [6, 6.07) is 6.95. The normalized spacial score (nSPS) is 20.1. The van der Waals surface area contributed by atoms with Gasteiger partial charge in [0.2, 0.25) is 0 Å². The Morgan fingerprint density at radius 2 is 1.82 bits per heavy atom. The van der Waals surface area contributed by atoms with Crippen molar-refractivity contribution in [3.63, 3.8) is 0 Å². The standard InChI is InChI=1S/C24H30N2O7/c1-5-16(6-2)22(28)31-13-19-18(33-23(29)17-9-7-14(3)8-10-17)11-20(32-19)26-12-15(4)21(27)25-24(26)30/h7-10,12,16,18-20H,5-6,11,13H2,1-4H3,(H,25,27,30)/t18-,19+,20+/m0/s1. The van der Waals surface area contributed by atoms with E-state index in [9.17, 15) is 19.2 Å². The van der Waals surface area contributed by atoms with Crippen molar-refractivity contribution in [3.05, 3.63) is 68.0 Å². The molecule has 2 heterocycles. The van der Waals surface area contributed by atoms with E-state index in [1.807, 2.05) is 32.9 Å². The molecule has 0 spiro atoms. The number of nitrogens with zero attached hydrogens (tertiary/aromatic N) is 1. The first kappa shape index (κ1) is 24.4. The Labute approximate surface area is 191 Å². The molecule has 1 aromatic heterocycles. The second kappa shape index (κ2) is 10.6. The highest BCUT2D eigenvalue weighted by molar-refractivity contribution is 5.89. The second-order valence-electron chi connectivity index (χ2n) is 8.30. The van der Waals surface area contributed by atoms with Crippen molar-refractivity contribution >= 4 is 11.9 Å². The van der Waals surface area contributed by atoms with Crippen molar-refractivity contribution in [2.75, 3.05) is 6.61 Å². The van der Waals surface area contributed by atoms with E-state index in [2.05, 4.69) is 4.98 Å². The lowest BCUT2D eigenvalue weighted by Crippen LogP contribution is -2.34. The maximum absolute atomic E-state index is 12.7. The van der Waals surface area contributed by atoms with Crippen molar-refractivity contribution in [1.29, 1.82) is 0 Å². The van der Waals surface area contributed by atoms with Crippen molar-refractivity contribution in [2.24, 2.45) is 5.92 Å². The van der Waals surface area contributed by atoms with E-state index < -0.39 is 35.7 Å². The Kier molecular flexibility index (Phi) is 7.86. The highest BCUT2D eigenvalue weighted by atomic mass is 16.6. The van der Waals surface area contributed by atoms with Crippen LogP contribution in [-0.4, -0.2) is 40.3 Å². The van der Waals surface area contributed by atoms with Gasteiger partial charge < -0.3 is 14.2 Å². The third-order valence-corrected chi connectivity index (χ3v) is 5.89. The first-order chi connectivity index (χ1) is 15.7. The van der Waals surface area contributed by atoms with Crippen molar-refractivity contribution in [2.45, 2.75) is 65.4 Å². The van der Waals surface area contributed by atoms with E-state index in [0.29, 0.717) is 24.0 Å². The van der Waals surface area contributed by atoms with Crippen LogP contribution in [0, 0.1) is 19.8 Å². The second-order valence-corrected chi connectivity index (χ2v) is 8.30. The monoisotopic (exact) mass is 458 g/mol. The predicted molar refractivity (Wildman–Crippen MR) is 120 cm³/mol.